The molecule has 0 bridgehead atoms. The van der Waals surface area contributed by atoms with Crippen LogP contribution in [0, 0.1) is 0 Å². The zero-order valence-electron chi connectivity index (χ0n) is 20.8. The first-order valence-electron chi connectivity index (χ1n) is 12.2. The van der Waals surface area contributed by atoms with Crippen LogP contribution in [0.25, 0.3) is 0 Å². The second-order valence-electron chi connectivity index (χ2n) is 8.92. The van der Waals surface area contributed by atoms with E-state index in [-0.39, 0.29) is 12.6 Å². The van der Waals surface area contributed by atoms with E-state index in [1.807, 2.05) is 18.0 Å². The fourth-order valence-electron chi connectivity index (χ4n) is 4.59. The first kappa shape index (κ1) is 25.5. The average molecular weight is 542 g/mol. The van der Waals surface area contributed by atoms with Crippen LogP contribution < -0.4 is 25.3 Å². The highest BCUT2D eigenvalue weighted by molar-refractivity contribution is 6.40. The average Bonchev–Trinajstić information content (AvgIpc) is 2.90. The molecule has 1 fully saturated rings. The Hall–Kier alpha value is -3.11. The van der Waals surface area contributed by atoms with E-state index < -0.39 is 0 Å². The number of fused-ring (bicyclic) bond motifs is 1. The number of carbonyl (C=O) groups is 1. The zero-order valence-corrected chi connectivity index (χ0v) is 22.3. The van der Waals surface area contributed by atoms with Crippen LogP contribution in [0.3, 0.4) is 0 Å². The second-order valence-corrected chi connectivity index (χ2v) is 9.74. The van der Waals surface area contributed by atoms with Gasteiger partial charge >= 0.3 is 0 Å². The Morgan fingerprint density at radius 2 is 1.86 bits per heavy atom. The van der Waals surface area contributed by atoms with Gasteiger partial charge in [-0.1, -0.05) is 36.2 Å². The minimum atomic E-state index is -0.252. The number of anilines is 5. The molecule has 2 aliphatic rings. The number of amides is 1. The van der Waals surface area contributed by atoms with Crippen LogP contribution >= 0.6 is 23.2 Å². The molecule has 2 aromatic carbocycles. The molecular formula is C26H29Cl2N7O2. The van der Waals surface area contributed by atoms with Crippen molar-refractivity contribution >= 4 is 57.9 Å². The van der Waals surface area contributed by atoms with Gasteiger partial charge in [0.15, 0.2) is 0 Å². The Morgan fingerprint density at radius 3 is 2.59 bits per heavy atom. The lowest BCUT2D eigenvalue weighted by Gasteiger charge is -2.35. The highest BCUT2D eigenvalue weighted by atomic mass is 35.5. The molecule has 3 aromatic rings. The summed E-state index contributed by atoms with van der Waals surface area (Å²) < 4.78 is 5.52. The van der Waals surface area contributed by atoms with E-state index in [0.717, 1.165) is 45.1 Å². The van der Waals surface area contributed by atoms with E-state index in [0.29, 0.717) is 33.1 Å². The van der Waals surface area contributed by atoms with E-state index in [1.165, 1.54) is 11.3 Å². The molecule has 0 atom stereocenters. The molecule has 5 rings (SSSR count). The molecule has 37 heavy (non-hydrogen) atoms. The number of aromatic nitrogens is 2. The topological polar surface area (TPSA) is 85.9 Å². The predicted octanol–water partition coefficient (Wildman–Crippen LogP) is 4.53. The van der Waals surface area contributed by atoms with E-state index in [2.05, 4.69) is 44.6 Å². The number of nitrogens with one attached hydrogen (secondary N) is 2. The number of para-hydroxylation sites is 1. The Kier molecular flexibility index (Phi) is 7.66. The fourth-order valence-corrected chi connectivity index (χ4v) is 5.19. The normalized spacial score (nSPS) is 15.7. The summed E-state index contributed by atoms with van der Waals surface area (Å²) in [4.78, 5) is 28.2. The molecule has 0 spiro atoms. The van der Waals surface area contributed by atoms with Gasteiger partial charge < -0.3 is 25.2 Å². The Labute approximate surface area is 226 Å². The van der Waals surface area contributed by atoms with Gasteiger partial charge in [-0.15, -0.1) is 0 Å². The van der Waals surface area contributed by atoms with Crippen LogP contribution in [0.4, 0.5) is 28.8 Å². The first-order chi connectivity index (χ1) is 18.0. The molecule has 1 amide bonds. The molecule has 11 heteroatoms. The summed E-state index contributed by atoms with van der Waals surface area (Å²) in [5.41, 5.74) is 4.12. The third-order valence-electron chi connectivity index (χ3n) is 6.42. The first-order valence-corrected chi connectivity index (χ1v) is 13.0. The van der Waals surface area contributed by atoms with Crippen LogP contribution in [0.5, 0.6) is 0 Å². The van der Waals surface area contributed by atoms with Gasteiger partial charge in [-0.3, -0.25) is 9.69 Å². The number of ether oxygens (including phenoxy) is 1. The molecular weight excluding hydrogens is 513 g/mol. The molecule has 194 valence electrons. The SMILES string of the molecule is CCNCc1cc(Nc2ncc3c(n2)N(C)CN(c2c(Cl)cccc2Cl)C3=O)ccc1N1CCOCC1. The molecule has 1 aromatic heterocycles. The van der Waals surface area contributed by atoms with Crippen molar-refractivity contribution in [3.8, 4) is 0 Å². The largest absolute Gasteiger partial charge is 0.378 e. The third-order valence-corrected chi connectivity index (χ3v) is 7.03. The summed E-state index contributed by atoms with van der Waals surface area (Å²) >= 11 is 12.7. The lowest BCUT2D eigenvalue weighted by atomic mass is 10.1. The molecule has 0 unspecified atom stereocenters. The number of hydrogen-bond acceptors (Lipinski definition) is 8. The van der Waals surface area contributed by atoms with Crippen LogP contribution in [0.15, 0.2) is 42.6 Å². The maximum Gasteiger partial charge on any atom is 0.265 e. The van der Waals surface area contributed by atoms with Gasteiger partial charge in [0.2, 0.25) is 5.95 Å². The van der Waals surface area contributed by atoms with Crippen molar-refractivity contribution in [2.75, 3.05) is 66.6 Å². The van der Waals surface area contributed by atoms with Gasteiger partial charge in [0.05, 0.1) is 35.6 Å². The minimum absolute atomic E-state index is 0.252. The van der Waals surface area contributed by atoms with Crippen molar-refractivity contribution in [3.05, 3.63) is 63.8 Å². The van der Waals surface area contributed by atoms with Crippen molar-refractivity contribution < 1.29 is 9.53 Å². The quantitative estimate of drug-likeness (QED) is 0.451. The zero-order chi connectivity index (χ0) is 25.9. The van der Waals surface area contributed by atoms with Crippen molar-refractivity contribution in [1.82, 2.24) is 15.3 Å². The Bertz CT molecular complexity index is 1280. The van der Waals surface area contributed by atoms with Crippen LogP contribution in [-0.2, 0) is 11.3 Å². The molecule has 2 N–H and O–H groups in total. The lowest BCUT2D eigenvalue weighted by Crippen LogP contribution is -2.46. The highest BCUT2D eigenvalue weighted by Gasteiger charge is 2.32. The van der Waals surface area contributed by atoms with E-state index in [4.69, 9.17) is 27.9 Å². The number of hydrogen-bond donors (Lipinski definition) is 2. The third kappa shape index (κ3) is 5.31. The summed E-state index contributed by atoms with van der Waals surface area (Å²) in [6, 6.07) is 11.4. The molecule has 1 saturated heterocycles. The van der Waals surface area contributed by atoms with Gasteiger partial charge in [0.25, 0.3) is 5.91 Å². The van der Waals surface area contributed by atoms with Gasteiger partial charge in [-0.2, -0.15) is 4.98 Å². The number of rotatable bonds is 7. The van der Waals surface area contributed by atoms with Crippen LogP contribution in [0.1, 0.15) is 22.8 Å². The Morgan fingerprint density at radius 1 is 1.11 bits per heavy atom. The van der Waals surface area contributed by atoms with Crippen molar-refractivity contribution in [1.29, 1.82) is 0 Å². The molecule has 0 radical (unpaired) electrons. The van der Waals surface area contributed by atoms with Gasteiger partial charge in [-0.25, -0.2) is 4.98 Å². The Balaban J connectivity index is 1.40. The highest BCUT2D eigenvalue weighted by Crippen LogP contribution is 2.37. The summed E-state index contributed by atoms with van der Waals surface area (Å²) in [6.07, 6.45) is 1.54. The molecule has 9 nitrogen and oxygen atoms in total. The monoisotopic (exact) mass is 541 g/mol. The van der Waals surface area contributed by atoms with Crippen LogP contribution in [-0.4, -0.2) is 62.4 Å². The number of benzene rings is 2. The number of halogens is 2. The molecule has 0 aliphatic carbocycles. The molecule has 2 aliphatic heterocycles. The number of nitrogens with zero attached hydrogens (tertiary/aromatic N) is 5. The van der Waals surface area contributed by atoms with Gasteiger partial charge in [0, 0.05) is 44.3 Å². The molecule has 3 heterocycles. The standard InChI is InChI=1S/C26H29Cl2N7O2/c1-3-29-14-17-13-18(7-8-22(17)34-9-11-37-12-10-34)31-26-30-15-19-24(32-26)33(2)16-35(25(19)36)23-20(27)5-4-6-21(23)28/h4-8,13,15,29H,3,9-12,14,16H2,1-2H3,(H,30,31,32). The molecule has 0 saturated carbocycles. The summed E-state index contributed by atoms with van der Waals surface area (Å²) in [6.45, 7) is 7.19. The van der Waals surface area contributed by atoms with E-state index >= 15 is 0 Å². The number of morpholine rings is 1. The lowest BCUT2D eigenvalue weighted by molar-refractivity contribution is 0.0982. The van der Waals surface area contributed by atoms with Crippen molar-refractivity contribution in [2.45, 2.75) is 13.5 Å². The second kappa shape index (κ2) is 11.1. The summed E-state index contributed by atoms with van der Waals surface area (Å²) in [7, 11) is 1.87. The minimum Gasteiger partial charge on any atom is -0.378 e. The summed E-state index contributed by atoms with van der Waals surface area (Å²) in [5.74, 6) is 0.702. The summed E-state index contributed by atoms with van der Waals surface area (Å²) in [5, 5.41) is 7.55. The number of carbonyl (C=O) groups excluding carboxylic acids is 1. The van der Waals surface area contributed by atoms with E-state index in [1.54, 1.807) is 29.3 Å². The van der Waals surface area contributed by atoms with Crippen molar-refractivity contribution in [2.24, 2.45) is 0 Å². The fraction of sp³-hybridized carbons (Fsp3) is 0.346. The maximum absolute atomic E-state index is 13.3. The predicted molar refractivity (Wildman–Crippen MR) is 149 cm³/mol. The maximum atomic E-state index is 13.3. The van der Waals surface area contributed by atoms with Crippen LogP contribution in [0.2, 0.25) is 10.0 Å². The van der Waals surface area contributed by atoms with Gasteiger partial charge in [0.1, 0.15) is 11.4 Å². The van der Waals surface area contributed by atoms with Crippen molar-refractivity contribution in [3.63, 3.8) is 0 Å². The smallest absolute Gasteiger partial charge is 0.265 e. The van der Waals surface area contributed by atoms with Gasteiger partial charge in [-0.05, 0) is 42.4 Å². The van der Waals surface area contributed by atoms with E-state index in [9.17, 15) is 4.79 Å².